The number of benzene rings is 1. The summed E-state index contributed by atoms with van der Waals surface area (Å²) >= 11 is 0. The molecule has 188 valence electrons. The Kier molecular flexibility index (Phi) is 6.97. The van der Waals surface area contributed by atoms with Crippen LogP contribution in [0.4, 0.5) is 16.2 Å². The fraction of sp³-hybridized carbons (Fsp3) is 0.500. The normalized spacial score (nSPS) is 21.7. The smallest absolute Gasteiger partial charge is 0.323 e. The van der Waals surface area contributed by atoms with E-state index in [1.165, 1.54) is 0 Å². The van der Waals surface area contributed by atoms with Crippen molar-refractivity contribution in [2.75, 3.05) is 38.4 Å². The minimum Gasteiger partial charge on any atom is -0.490 e. The van der Waals surface area contributed by atoms with E-state index in [-0.39, 0.29) is 36.7 Å². The zero-order chi connectivity index (χ0) is 25.3. The Labute approximate surface area is 203 Å². The van der Waals surface area contributed by atoms with Crippen LogP contribution in [0.2, 0.25) is 0 Å². The highest BCUT2D eigenvalue weighted by Crippen LogP contribution is 2.32. The monoisotopic (exact) mass is 485 g/mol. The lowest BCUT2D eigenvalue weighted by molar-refractivity contribution is -0.140. The van der Waals surface area contributed by atoms with Crippen molar-refractivity contribution >= 4 is 29.2 Å². The highest BCUT2D eigenvalue weighted by atomic mass is 16.5. The van der Waals surface area contributed by atoms with Gasteiger partial charge in [0.05, 0.1) is 24.1 Å². The summed E-state index contributed by atoms with van der Waals surface area (Å²) in [6, 6.07) is 4.26. The third-order valence-corrected chi connectivity index (χ3v) is 6.44. The first-order chi connectivity index (χ1) is 16.6. The van der Waals surface area contributed by atoms with E-state index in [0.717, 1.165) is 0 Å². The fourth-order valence-electron chi connectivity index (χ4n) is 4.42. The molecule has 1 aromatic carbocycles. The molecular weight excluding hydrogens is 454 g/mol. The van der Waals surface area contributed by atoms with Crippen molar-refractivity contribution in [1.29, 1.82) is 0 Å². The van der Waals surface area contributed by atoms with Crippen LogP contribution in [-0.4, -0.2) is 78.8 Å². The number of likely N-dealkylation sites (N-methyl/N-ethyl adjacent to an activating group) is 1. The molecule has 11 heteroatoms. The van der Waals surface area contributed by atoms with Gasteiger partial charge in [0.2, 0.25) is 5.91 Å². The molecule has 2 N–H and O–H groups in total. The van der Waals surface area contributed by atoms with E-state index in [9.17, 15) is 14.4 Å². The van der Waals surface area contributed by atoms with Gasteiger partial charge in [-0.3, -0.25) is 9.59 Å². The van der Waals surface area contributed by atoms with Crippen LogP contribution in [-0.2, 0) is 9.53 Å². The summed E-state index contributed by atoms with van der Waals surface area (Å²) in [7, 11) is 5.19. The van der Waals surface area contributed by atoms with Gasteiger partial charge in [0.25, 0.3) is 5.91 Å². The highest BCUT2D eigenvalue weighted by Gasteiger charge is 2.39. The van der Waals surface area contributed by atoms with Gasteiger partial charge in [-0.15, -0.1) is 0 Å². The van der Waals surface area contributed by atoms with Gasteiger partial charge in [-0.25, -0.2) is 4.79 Å². The highest BCUT2D eigenvalue weighted by molar-refractivity contribution is 6.03. The Bertz CT molecular complexity index is 1110. The predicted octanol–water partition coefficient (Wildman–Crippen LogP) is 2.79. The molecule has 0 saturated carbocycles. The van der Waals surface area contributed by atoms with Gasteiger partial charge in [0.15, 0.2) is 5.76 Å². The molecule has 4 rings (SSSR count). The van der Waals surface area contributed by atoms with Gasteiger partial charge in [0.1, 0.15) is 29.8 Å². The van der Waals surface area contributed by atoms with Crippen molar-refractivity contribution in [2.45, 2.75) is 51.4 Å². The van der Waals surface area contributed by atoms with E-state index < -0.39 is 6.03 Å². The number of carbonyl (C=O) groups is 3. The molecule has 0 spiro atoms. The molecule has 0 unspecified atom stereocenters. The maximum Gasteiger partial charge on any atom is 0.323 e. The molecule has 2 aliphatic rings. The number of nitrogens with one attached hydrogen (secondary N) is 2. The van der Waals surface area contributed by atoms with E-state index in [2.05, 4.69) is 15.8 Å². The number of carbonyl (C=O) groups excluding carboxylic acids is 3. The Morgan fingerprint density at radius 3 is 2.66 bits per heavy atom. The first-order valence-corrected chi connectivity index (χ1v) is 11.5. The second kappa shape index (κ2) is 9.95. The molecule has 2 aliphatic heterocycles. The van der Waals surface area contributed by atoms with Crippen LogP contribution in [0.25, 0.3) is 0 Å². The number of hydrogen-bond donors (Lipinski definition) is 2. The lowest BCUT2D eigenvalue weighted by Gasteiger charge is -2.42. The average molecular weight is 486 g/mol. The Morgan fingerprint density at radius 1 is 1.20 bits per heavy atom. The predicted molar refractivity (Wildman–Crippen MR) is 128 cm³/mol. The molecular formula is C24H31N5O6. The number of ether oxygens (including phenoxy) is 2. The quantitative estimate of drug-likeness (QED) is 0.682. The molecule has 0 aliphatic carbocycles. The number of anilines is 2. The summed E-state index contributed by atoms with van der Waals surface area (Å²) < 4.78 is 17.2. The third kappa shape index (κ3) is 5.24. The molecule has 1 fully saturated rings. The third-order valence-electron chi connectivity index (χ3n) is 6.44. The zero-order valence-electron chi connectivity index (χ0n) is 20.6. The van der Waals surface area contributed by atoms with Crippen molar-refractivity contribution in [2.24, 2.45) is 0 Å². The number of aromatic nitrogens is 1. The minimum atomic E-state index is -0.481. The topological polar surface area (TPSA) is 126 Å². The number of nitrogens with zero attached hydrogens (tertiary/aromatic N) is 3. The van der Waals surface area contributed by atoms with Crippen molar-refractivity contribution in [3.8, 4) is 5.75 Å². The van der Waals surface area contributed by atoms with E-state index in [1.807, 2.05) is 0 Å². The van der Waals surface area contributed by atoms with Crippen LogP contribution in [0.15, 0.2) is 22.7 Å². The molecule has 4 amide bonds. The molecule has 1 saturated heterocycles. The van der Waals surface area contributed by atoms with Gasteiger partial charge < -0.3 is 34.4 Å². The van der Waals surface area contributed by atoms with E-state index in [0.29, 0.717) is 53.4 Å². The summed E-state index contributed by atoms with van der Waals surface area (Å²) in [5.41, 5.74) is 1.86. The number of amides is 4. The van der Waals surface area contributed by atoms with Crippen LogP contribution in [0.5, 0.6) is 5.75 Å². The van der Waals surface area contributed by atoms with Crippen molar-refractivity contribution in [1.82, 2.24) is 15.0 Å². The molecule has 3 atom stereocenters. The Balaban J connectivity index is 1.47. The second-order valence-corrected chi connectivity index (χ2v) is 9.15. The van der Waals surface area contributed by atoms with Crippen molar-refractivity contribution < 1.29 is 28.4 Å². The largest absolute Gasteiger partial charge is 0.490 e. The van der Waals surface area contributed by atoms with Crippen molar-refractivity contribution in [3.05, 3.63) is 35.2 Å². The Morgan fingerprint density at radius 2 is 1.97 bits per heavy atom. The summed E-state index contributed by atoms with van der Waals surface area (Å²) in [5, 5.41) is 9.27. The van der Waals surface area contributed by atoms with Crippen LogP contribution >= 0.6 is 0 Å². The van der Waals surface area contributed by atoms with Gasteiger partial charge in [-0.1, -0.05) is 5.16 Å². The molecule has 35 heavy (non-hydrogen) atoms. The first kappa shape index (κ1) is 24.5. The minimum absolute atomic E-state index is 0.00779. The summed E-state index contributed by atoms with van der Waals surface area (Å²) in [6.07, 6.45) is 1.13. The lowest BCUT2D eigenvalue weighted by atomic mass is 9.94. The second-order valence-electron chi connectivity index (χ2n) is 9.15. The van der Waals surface area contributed by atoms with Gasteiger partial charge in [0, 0.05) is 26.8 Å². The standard InChI is InChI=1S/C24H31N5O6/c1-13-22(14(2)35-27-13)26-24(32)25-15-6-9-19-17(10-15)23(31)29(5)18-8-7-16(11-21(30)28(3)4)34-20(18)12-33-19/h6,9-10,16,18,20H,7-8,11-12H2,1-5H3,(H2,25,26,32)/t16-,18-,20-/m0/s1. The molecule has 2 aromatic rings. The lowest BCUT2D eigenvalue weighted by Crippen LogP contribution is -2.53. The molecule has 1 aromatic heterocycles. The van der Waals surface area contributed by atoms with Crippen molar-refractivity contribution in [3.63, 3.8) is 0 Å². The molecule has 11 nitrogen and oxygen atoms in total. The molecule has 0 radical (unpaired) electrons. The van der Waals surface area contributed by atoms with Gasteiger partial charge >= 0.3 is 6.03 Å². The maximum atomic E-state index is 13.4. The molecule has 0 bridgehead atoms. The maximum absolute atomic E-state index is 13.4. The van der Waals surface area contributed by atoms with E-state index in [1.54, 1.807) is 63.0 Å². The number of fused-ring (bicyclic) bond motifs is 2. The average Bonchev–Trinajstić information content (AvgIpc) is 3.13. The number of aryl methyl sites for hydroxylation is 2. The summed E-state index contributed by atoms with van der Waals surface area (Å²) in [4.78, 5) is 41.2. The van der Waals surface area contributed by atoms with Crippen LogP contribution in [0.3, 0.4) is 0 Å². The Hall–Kier alpha value is -3.60. The van der Waals surface area contributed by atoms with Crippen LogP contribution in [0.1, 0.15) is 41.1 Å². The van der Waals surface area contributed by atoms with Gasteiger partial charge in [-0.05, 0) is 44.9 Å². The van der Waals surface area contributed by atoms with E-state index in [4.69, 9.17) is 14.0 Å². The zero-order valence-corrected chi connectivity index (χ0v) is 20.6. The summed E-state index contributed by atoms with van der Waals surface area (Å²) in [5.74, 6) is 0.690. The molecule has 3 heterocycles. The summed E-state index contributed by atoms with van der Waals surface area (Å²) in [6.45, 7) is 3.69. The number of urea groups is 1. The number of hydrogen-bond acceptors (Lipinski definition) is 7. The first-order valence-electron chi connectivity index (χ1n) is 11.5. The van der Waals surface area contributed by atoms with E-state index >= 15 is 0 Å². The SMILES string of the molecule is Cc1noc(C)c1NC(=O)Nc1ccc2c(c1)C(=O)N(C)[C@H]1CC[C@@H](CC(=O)N(C)C)O[C@H]1CO2. The fourth-order valence-corrected chi connectivity index (χ4v) is 4.42. The number of rotatable bonds is 4. The van der Waals surface area contributed by atoms with Crippen LogP contribution in [0, 0.1) is 13.8 Å². The van der Waals surface area contributed by atoms with Gasteiger partial charge in [-0.2, -0.15) is 0 Å². The van der Waals surface area contributed by atoms with Crippen LogP contribution < -0.4 is 15.4 Å².